The van der Waals surface area contributed by atoms with Gasteiger partial charge in [-0.1, -0.05) is 20.8 Å². The van der Waals surface area contributed by atoms with E-state index in [1.807, 2.05) is 20.8 Å². The van der Waals surface area contributed by atoms with Crippen LogP contribution in [0.2, 0.25) is 0 Å². The molecule has 25 heavy (non-hydrogen) atoms. The zero-order valence-corrected chi connectivity index (χ0v) is 15.2. The van der Waals surface area contributed by atoms with Crippen molar-refractivity contribution >= 4 is 5.91 Å². The van der Waals surface area contributed by atoms with Gasteiger partial charge in [0.25, 0.3) is 5.91 Å². The Morgan fingerprint density at radius 1 is 1.40 bits per heavy atom. The third kappa shape index (κ3) is 3.62. The topological polar surface area (TPSA) is 95.5 Å². The number of aliphatic hydroxyl groups is 1. The van der Waals surface area contributed by atoms with Crippen LogP contribution in [0.1, 0.15) is 62.6 Å². The summed E-state index contributed by atoms with van der Waals surface area (Å²) in [6, 6.07) is 1.67. The molecular formula is C18H27N3O4. The van der Waals surface area contributed by atoms with Crippen molar-refractivity contribution in [2.24, 2.45) is 0 Å². The van der Waals surface area contributed by atoms with Crippen molar-refractivity contribution < 1.29 is 14.6 Å². The third-order valence-corrected chi connectivity index (χ3v) is 5.29. The zero-order chi connectivity index (χ0) is 18.2. The molecular weight excluding hydrogens is 322 g/mol. The van der Waals surface area contributed by atoms with E-state index < -0.39 is 17.4 Å². The molecule has 7 heteroatoms. The summed E-state index contributed by atoms with van der Waals surface area (Å²) in [5.74, 6) is -0.239. The molecule has 2 saturated heterocycles. The second-order valence-corrected chi connectivity index (χ2v) is 8.10. The lowest BCUT2D eigenvalue weighted by atomic mass is 9.82. The van der Waals surface area contributed by atoms with Gasteiger partial charge in [-0.05, 0) is 31.7 Å². The van der Waals surface area contributed by atoms with Gasteiger partial charge in [-0.3, -0.25) is 4.79 Å². The van der Waals surface area contributed by atoms with Crippen molar-refractivity contribution in [1.82, 2.24) is 14.9 Å². The molecule has 138 valence electrons. The van der Waals surface area contributed by atoms with Crippen LogP contribution in [0, 0.1) is 0 Å². The van der Waals surface area contributed by atoms with Crippen molar-refractivity contribution in [3.05, 3.63) is 27.9 Å². The van der Waals surface area contributed by atoms with Crippen LogP contribution in [0.15, 0.2) is 10.9 Å². The number of piperidine rings is 1. The highest BCUT2D eigenvalue weighted by molar-refractivity contribution is 5.92. The predicted molar refractivity (Wildman–Crippen MR) is 92.6 cm³/mol. The molecule has 0 saturated carbocycles. The highest BCUT2D eigenvalue weighted by atomic mass is 16.5. The fraction of sp³-hybridized carbons (Fsp3) is 0.722. The first kappa shape index (κ1) is 18.1. The Hall–Kier alpha value is -1.73. The number of aliphatic hydroxyl groups excluding tert-OH is 1. The van der Waals surface area contributed by atoms with Gasteiger partial charge in [-0.2, -0.15) is 4.98 Å². The van der Waals surface area contributed by atoms with Crippen molar-refractivity contribution in [2.45, 2.75) is 63.6 Å². The number of H-pyrrole nitrogens is 1. The molecule has 0 unspecified atom stereocenters. The van der Waals surface area contributed by atoms with E-state index in [2.05, 4.69) is 9.97 Å². The Morgan fingerprint density at radius 3 is 2.68 bits per heavy atom. The second kappa shape index (κ2) is 6.53. The van der Waals surface area contributed by atoms with Crippen LogP contribution in [0.3, 0.4) is 0 Å². The van der Waals surface area contributed by atoms with E-state index in [4.69, 9.17) is 4.74 Å². The van der Waals surface area contributed by atoms with Gasteiger partial charge in [0.2, 0.25) is 0 Å². The lowest BCUT2D eigenvalue weighted by molar-refractivity contribution is -0.174. The number of carbonyl (C=O) groups excluding carboxylic acids is 1. The minimum absolute atomic E-state index is 0.176. The van der Waals surface area contributed by atoms with Gasteiger partial charge in [-0.15, -0.1) is 0 Å². The molecule has 1 spiro atoms. The van der Waals surface area contributed by atoms with E-state index in [1.54, 1.807) is 11.0 Å². The SMILES string of the molecule is CC(C)(C)c1cc(C(=O)N2CCC3(CC2)OCCC[C@H]3O)nc(=O)[nH]1. The molecule has 1 aromatic heterocycles. The van der Waals surface area contributed by atoms with Gasteiger partial charge >= 0.3 is 5.69 Å². The molecule has 2 aliphatic rings. The average Bonchev–Trinajstić information content (AvgIpc) is 2.56. The molecule has 0 aromatic carbocycles. The number of rotatable bonds is 1. The molecule has 2 aliphatic heterocycles. The van der Waals surface area contributed by atoms with Crippen LogP contribution in [0.4, 0.5) is 0 Å². The Bertz CT molecular complexity index is 699. The number of likely N-dealkylation sites (tertiary alicyclic amines) is 1. The Labute approximate surface area is 147 Å². The Balaban J connectivity index is 1.75. The van der Waals surface area contributed by atoms with Gasteiger partial charge < -0.3 is 19.7 Å². The first-order valence-electron chi connectivity index (χ1n) is 8.94. The normalized spacial score (nSPS) is 23.7. The standard InChI is InChI=1S/C18H27N3O4/c1-17(2,3)13-11-12(19-16(24)20-13)15(23)21-8-6-18(7-9-21)14(22)5-4-10-25-18/h11,14,22H,4-10H2,1-3H3,(H,19,20,24)/t14-/m1/s1. The molecule has 1 atom stereocenters. The maximum Gasteiger partial charge on any atom is 0.345 e. The predicted octanol–water partition coefficient (Wildman–Crippen LogP) is 1.21. The van der Waals surface area contributed by atoms with Gasteiger partial charge in [0.05, 0.1) is 11.7 Å². The first-order valence-corrected chi connectivity index (χ1v) is 8.94. The minimum Gasteiger partial charge on any atom is -0.390 e. The number of hydrogen-bond acceptors (Lipinski definition) is 5. The lowest BCUT2D eigenvalue weighted by Crippen LogP contribution is -2.56. The largest absolute Gasteiger partial charge is 0.390 e. The molecule has 1 amide bonds. The summed E-state index contributed by atoms with van der Waals surface area (Å²) in [5.41, 5.74) is -0.434. The molecule has 0 radical (unpaired) electrons. The molecule has 0 bridgehead atoms. The van der Waals surface area contributed by atoms with Crippen LogP contribution in [0.25, 0.3) is 0 Å². The van der Waals surface area contributed by atoms with Gasteiger partial charge in [0.15, 0.2) is 0 Å². The Kier molecular flexibility index (Phi) is 4.72. The summed E-state index contributed by atoms with van der Waals surface area (Å²) >= 11 is 0. The number of aromatic nitrogens is 2. The number of amides is 1. The lowest BCUT2D eigenvalue weighted by Gasteiger charge is -2.46. The van der Waals surface area contributed by atoms with Gasteiger partial charge in [-0.25, -0.2) is 4.79 Å². The molecule has 2 N–H and O–H groups in total. The summed E-state index contributed by atoms with van der Waals surface area (Å²) in [6.07, 6.45) is 2.37. The molecule has 3 heterocycles. The number of ether oxygens (including phenoxy) is 1. The number of nitrogens with one attached hydrogen (secondary N) is 1. The van der Waals surface area contributed by atoms with E-state index in [1.165, 1.54) is 0 Å². The molecule has 1 aromatic rings. The maximum atomic E-state index is 12.8. The third-order valence-electron chi connectivity index (χ3n) is 5.29. The van der Waals surface area contributed by atoms with Crippen molar-refractivity contribution in [1.29, 1.82) is 0 Å². The summed E-state index contributed by atoms with van der Waals surface area (Å²) in [6.45, 7) is 7.57. The number of hydrogen-bond donors (Lipinski definition) is 2. The number of aromatic amines is 1. The summed E-state index contributed by atoms with van der Waals surface area (Å²) in [7, 11) is 0. The molecule has 7 nitrogen and oxygen atoms in total. The maximum absolute atomic E-state index is 12.8. The highest BCUT2D eigenvalue weighted by Crippen LogP contribution is 2.35. The fourth-order valence-electron chi connectivity index (χ4n) is 3.61. The van der Waals surface area contributed by atoms with E-state index in [0.29, 0.717) is 38.2 Å². The van der Waals surface area contributed by atoms with E-state index in [-0.39, 0.29) is 17.0 Å². The van der Waals surface area contributed by atoms with Crippen LogP contribution in [0.5, 0.6) is 0 Å². The van der Waals surface area contributed by atoms with Crippen LogP contribution >= 0.6 is 0 Å². The van der Waals surface area contributed by atoms with E-state index in [9.17, 15) is 14.7 Å². The summed E-state index contributed by atoms with van der Waals surface area (Å²) in [5, 5.41) is 10.3. The zero-order valence-electron chi connectivity index (χ0n) is 15.2. The van der Waals surface area contributed by atoms with Crippen LogP contribution in [-0.2, 0) is 10.2 Å². The van der Waals surface area contributed by atoms with Crippen molar-refractivity contribution in [3.8, 4) is 0 Å². The van der Waals surface area contributed by atoms with Crippen LogP contribution < -0.4 is 5.69 Å². The van der Waals surface area contributed by atoms with E-state index >= 15 is 0 Å². The summed E-state index contributed by atoms with van der Waals surface area (Å²) in [4.78, 5) is 32.9. The summed E-state index contributed by atoms with van der Waals surface area (Å²) < 4.78 is 5.88. The molecule has 3 rings (SSSR count). The van der Waals surface area contributed by atoms with Crippen LogP contribution in [-0.4, -0.2) is 57.3 Å². The molecule has 2 fully saturated rings. The number of carbonyl (C=O) groups is 1. The van der Waals surface area contributed by atoms with Crippen molar-refractivity contribution in [2.75, 3.05) is 19.7 Å². The average molecular weight is 349 g/mol. The highest BCUT2D eigenvalue weighted by Gasteiger charge is 2.44. The Morgan fingerprint density at radius 2 is 2.08 bits per heavy atom. The second-order valence-electron chi connectivity index (χ2n) is 8.10. The van der Waals surface area contributed by atoms with Gasteiger partial charge in [0.1, 0.15) is 5.69 Å². The monoisotopic (exact) mass is 349 g/mol. The van der Waals surface area contributed by atoms with E-state index in [0.717, 1.165) is 12.8 Å². The quantitative estimate of drug-likeness (QED) is 0.795. The smallest absolute Gasteiger partial charge is 0.345 e. The molecule has 0 aliphatic carbocycles. The van der Waals surface area contributed by atoms with Gasteiger partial charge in [0, 0.05) is 30.8 Å². The fourth-order valence-corrected chi connectivity index (χ4v) is 3.61. The van der Waals surface area contributed by atoms with Crippen molar-refractivity contribution in [3.63, 3.8) is 0 Å². The number of nitrogens with zero attached hydrogens (tertiary/aromatic N) is 2. The minimum atomic E-state index is -0.521. The first-order chi connectivity index (χ1) is 11.7.